The van der Waals surface area contributed by atoms with Crippen LogP contribution in [-0.2, 0) is 23.5 Å². The van der Waals surface area contributed by atoms with E-state index in [0.29, 0.717) is 18.8 Å². The van der Waals surface area contributed by atoms with E-state index in [4.69, 9.17) is 4.74 Å². The van der Waals surface area contributed by atoms with Gasteiger partial charge in [-0.15, -0.1) is 0 Å². The highest BCUT2D eigenvalue weighted by atomic mass is 32.2. The molecule has 0 saturated heterocycles. The summed E-state index contributed by atoms with van der Waals surface area (Å²) in [5.74, 6) is 0.647. The fourth-order valence-electron chi connectivity index (χ4n) is 2.28. The fourth-order valence-corrected chi connectivity index (χ4v) is 3.39. The van der Waals surface area contributed by atoms with Gasteiger partial charge in [0.1, 0.15) is 5.75 Å². The smallest absolute Gasteiger partial charge is 0.284 e. The first-order valence-corrected chi connectivity index (χ1v) is 7.95. The minimum Gasteiger partial charge on any atom is -0.493 e. The molecule has 0 fully saturated rings. The number of fused-ring (bicyclic) bond motifs is 1. The number of sulfonamides is 1. The maximum absolute atomic E-state index is 12.9. The first-order chi connectivity index (χ1) is 10.4. The van der Waals surface area contributed by atoms with Gasteiger partial charge in [-0.25, -0.2) is 17.2 Å². The van der Waals surface area contributed by atoms with Crippen LogP contribution < -0.4 is 9.46 Å². The Hall–Kier alpha value is -2.16. The second kappa shape index (κ2) is 5.24. The summed E-state index contributed by atoms with van der Waals surface area (Å²) in [6.45, 7) is 0.504. The third kappa shape index (κ3) is 2.63. The van der Waals surface area contributed by atoms with Crippen molar-refractivity contribution in [3.63, 3.8) is 0 Å². The molecule has 0 radical (unpaired) electrons. The molecule has 6 nitrogen and oxygen atoms in total. The van der Waals surface area contributed by atoms with Crippen molar-refractivity contribution < 1.29 is 21.9 Å². The lowest BCUT2D eigenvalue weighted by molar-refractivity contribution is 0.146. The van der Waals surface area contributed by atoms with Crippen LogP contribution in [0.5, 0.6) is 5.75 Å². The first-order valence-electron chi connectivity index (χ1n) is 6.47. The molecule has 1 aromatic heterocycles. The summed E-state index contributed by atoms with van der Waals surface area (Å²) < 4.78 is 59.1. The van der Waals surface area contributed by atoms with E-state index < -0.39 is 22.1 Å². The Morgan fingerprint density at radius 2 is 2.18 bits per heavy atom. The van der Waals surface area contributed by atoms with Crippen molar-refractivity contribution in [2.45, 2.75) is 17.7 Å². The minimum absolute atomic E-state index is 0.000759. The van der Waals surface area contributed by atoms with Gasteiger partial charge in [-0.1, -0.05) is 0 Å². The SMILES string of the molecule is Cn1cc(NS(=O)(=O)c2ccc3c(c2)CCO3)c(C(F)F)n1. The lowest BCUT2D eigenvalue weighted by Gasteiger charge is -2.09. The van der Waals surface area contributed by atoms with Crippen LogP contribution >= 0.6 is 0 Å². The number of aromatic nitrogens is 2. The molecule has 1 aliphatic rings. The van der Waals surface area contributed by atoms with Crippen LogP contribution in [0, 0.1) is 0 Å². The van der Waals surface area contributed by atoms with Gasteiger partial charge in [0.15, 0.2) is 5.69 Å². The Labute approximate surface area is 125 Å². The highest BCUT2D eigenvalue weighted by Gasteiger charge is 2.24. The molecule has 0 atom stereocenters. The van der Waals surface area contributed by atoms with Crippen molar-refractivity contribution in [3.8, 4) is 5.75 Å². The molecular formula is C13H13F2N3O3S. The number of benzene rings is 1. The van der Waals surface area contributed by atoms with Gasteiger partial charge < -0.3 is 4.74 Å². The number of nitrogens with one attached hydrogen (secondary N) is 1. The number of hydrogen-bond donors (Lipinski definition) is 1. The van der Waals surface area contributed by atoms with Crippen LogP contribution in [0.15, 0.2) is 29.3 Å². The lowest BCUT2D eigenvalue weighted by atomic mass is 10.2. The van der Waals surface area contributed by atoms with Gasteiger partial charge in [0, 0.05) is 19.7 Å². The number of anilines is 1. The van der Waals surface area contributed by atoms with Crippen LogP contribution in [0.2, 0.25) is 0 Å². The summed E-state index contributed by atoms with van der Waals surface area (Å²) in [4.78, 5) is 0.000759. The molecule has 3 rings (SSSR count). The molecule has 1 aromatic carbocycles. The maximum Gasteiger partial charge on any atom is 0.284 e. The van der Waals surface area contributed by atoms with E-state index in [0.717, 1.165) is 10.2 Å². The van der Waals surface area contributed by atoms with E-state index in [-0.39, 0.29) is 10.6 Å². The molecule has 0 amide bonds. The average molecular weight is 329 g/mol. The molecule has 1 aliphatic heterocycles. The van der Waals surface area contributed by atoms with Crippen molar-refractivity contribution in [2.24, 2.45) is 7.05 Å². The average Bonchev–Trinajstić information content (AvgIpc) is 3.03. The van der Waals surface area contributed by atoms with Gasteiger partial charge in [0.2, 0.25) is 0 Å². The number of alkyl halides is 2. The summed E-state index contributed by atoms with van der Waals surface area (Å²) >= 11 is 0. The van der Waals surface area contributed by atoms with Gasteiger partial charge in [0.25, 0.3) is 16.4 Å². The topological polar surface area (TPSA) is 73.2 Å². The van der Waals surface area contributed by atoms with Gasteiger partial charge in [-0.05, 0) is 23.8 Å². The minimum atomic E-state index is -3.97. The largest absolute Gasteiger partial charge is 0.493 e. The zero-order chi connectivity index (χ0) is 15.9. The third-order valence-corrected chi connectivity index (χ3v) is 4.64. The maximum atomic E-state index is 12.9. The number of ether oxygens (including phenoxy) is 1. The Bertz CT molecular complexity index is 818. The van der Waals surface area contributed by atoms with Crippen molar-refractivity contribution in [1.82, 2.24) is 9.78 Å². The zero-order valence-corrected chi connectivity index (χ0v) is 12.4. The second-order valence-electron chi connectivity index (χ2n) is 4.88. The van der Waals surface area contributed by atoms with Crippen molar-refractivity contribution in [1.29, 1.82) is 0 Å². The van der Waals surface area contributed by atoms with E-state index in [9.17, 15) is 17.2 Å². The number of aryl methyl sites for hydroxylation is 1. The van der Waals surface area contributed by atoms with Gasteiger partial charge >= 0.3 is 0 Å². The Morgan fingerprint density at radius 1 is 1.41 bits per heavy atom. The summed E-state index contributed by atoms with van der Waals surface area (Å²) in [5, 5.41) is 3.57. The van der Waals surface area contributed by atoms with Crippen LogP contribution in [0.1, 0.15) is 17.7 Å². The molecule has 22 heavy (non-hydrogen) atoms. The first kappa shape index (κ1) is 14.8. The Kier molecular flexibility index (Phi) is 3.51. The lowest BCUT2D eigenvalue weighted by Crippen LogP contribution is -2.14. The van der Waals surface area contributed by atoms with Crippen LogP contribution in [-0.4, -0.2) is 24.8 Å². The number of hydrogen-bond acceptors (Lipinski definition) is 4. The van der Waals surface area contributed by atoms with Gasteiger partial charge in [-0.3, -0.25) is 9.40 Å². The van der Waals surface area contributed by atoms with Crippen LogP contribution in [0.3, 0.4) is 0 Å². The highest BCUT2D eigenvalue weighted by molar-refractivity contribution is 7.92. The summed E-state index contributed by atoms with van der Waals surface area (Å²) in [5.41, 5.74) is -0.0482. The third-order valence-electron chi connectivity index (χ3n) is 3.28. The van der Waals surface area contributed by atoms with Crippen molar-refractivity contribution in [3.05, 3.63) is 35.7 Å². The Morgan fingerprint density at radius 3 is 2.91 bits per heavy atom. The van der Waals surface area contributed by atoms with Gasteiger partial charge in [-0.2, -0.15) is 5.10 Å². The van der Waals surface area contributed by atoms with Gasteiger partial charge in [0.05, 0.1) is 17.2 Å². The van der Waals surface area contributed by atoms with E-state index in [1.807, 2.05) is 0 Å². The fraction of sp³-hybridized carbons (Fsp3) is 0.308. The van der Waals surface area contributed by atoms with Crippen molar-refractivity contribution >= 4 is 15.7 Å². The quantitative estimate of drug-likeness (QED) is 0.932. The number of halogens is 2. The molecule has 0 unspecified atom stereocenters. The monoisotopic (exact) mass is 329 g/mol. The van der Waals surface area contributed by atoms with Crippen molar-refractivity contribution in [2.75, 3.05) is 11.3 Å². The highest BCUT2D eigenvalue weighted by Crippen LogP contribution is 2.30. The number of rotatable bonds is 4. The standard InChI is InChI=1S/C13H13F2N3O3S/c1-18-7-10(12(16-18)13(14)15)17-22(19,20)9-2-3-11-8(6-9)4-5-21-11/h2-3,6-7,13,17H,4-5H2,1H3. The second-order valence-corrected chi connectivity index (χ2v) is 6.56. The molecule has 0 bridgehead atoms. The molecule has 9 heteroatoms. The zero-order valence-electron chi connectivity index (χ0n) is 11.6. The molecule has 0 spiro atoms. The normalized spacial score (nSPS) is 14.0. The van der Waals surface area contributed by atoms with E-state index in [1.165, 1.54) is 25.4 Å². The number of nitrogens with zero attached hydrogens (tertiary/aromatic N) is 2. The molecule has 0 saturated carbocycles. The molecule has 0 aliphatic carbocycles. The molecule has 118 valence electrons. The summed E-state index contributed by atoms with van der Waals surface area (Å²) in [6, 6.07) is 4.43. The summed E-state index contributed by atoms with van der Waals surface area (Å²) in [6.07, 6.45) is -1.05. The van der Waals surface area contributed by atoms with E-state index in [1.54, 1.807) is 6.07 Å². The molecule has 1 N–H and O–H groups in total. The Balaban J connectivity index is 1.94. The molecule has 2 aromatic rings. The van der Waals surface area contributed by atoms with Crippen LogP contribution in [0.25, 0.3) is 0 Å². The molecular weight excluding hydrogens is 316 g/mol. The summed E-state index contributed by atoms with van der Waals surface area (Å²) in [7, 11) is -2.53. The molecule has 2 heterocycles. The van der Waals surface area contributed by atoms with E-state index >= 15 is 0 Å². The van der Waals surface area contributed by atoms with E-state index in [2.05, 4.69) is 9.82 Å². The van der Waals surface area contributed by atoms with Crippen LogP contribution in [0.4, 0.5) is 14.5 Å². The predicted molar refractivity (Wildman–Crippen MR) is 74.6 cm³/mol. The predicted octanol–water partition coefficient (Wildman–Crippen LogP) is 2.09.